The number of carbonyl (C=O) groups is 2. The quantitative estimate of drug-likeness (QED) is 0.708. The van der Waals surface area contributed by atoms with Crippen molar-refractivity contribution in [2.75, 3.05) is 31.6 Å². The molecule has 3 amide bonds. The molecule has 1 aromatic rings. The van der Waals surface area contributed by atoms with Crippen molar-refractivity contribution in [3.63, 3.8) is 0 Å². The topological polar surface area (TPSA) is 88.7 Å². The second kappa shape index (κ2) is 8.99. The van der Waals surface area contributed by atoms with Crippen LogP contribution in [0.2, 0.25) is 0 Å². The van der Waals surface area contributed by atoms with E-state index in [-0.39, 0.29) is 12.6 Å². The third-order valence-electron chi connectivity index (χ3n) is 3.34. The molecule has 0 aromatic heterocycles. The average Bonchev–Trinajstić information content (AvgIpc) is 3.05. The van der Waals surface area contributed by atoms with E-state index in [0.29, 0.717) is 13.2 Å². The third-order valence-corrected chi connectivity index (χ3v) is 3.34. The Balaban J connectivity index is 1.75. The summed E-state index contributed by atoms with van der Waals surface area (Å²) in [7, 11) is 0. The van der Waals surface area contributed by atoms with Crippen LogP contribution in [0.4, 0.5) is 10.5 Å². The number of anilines is 1. The first kappa shape index (κ1) is 17.1. The second-order valence-corrected chi connectivity index (χ2v) is 5.24. The lowest BCUT2D eigenvalue weighted by atomic mass is 10.2. The van der Waals surface area contributed by atoms with Gasteiger partial charge in [-0.3, -0.25) is 10.1 Å². The van der Waals surface area contributed by atoms with Gasteiger partial charge in [0.15, 0.2) is 0 Å². The van der Waals surface area contributed by atoms with Gasteiger partial charge in [-0.15, -0.1) is 0 Å². The van der Waals surface area contributed by atoms with Crippen LogP contribution in [0, 0.1) is 0 Å². The van der Waals surface area contributed by atoms with Gasteiger partial charge in [0.2, 0.25) is 5.91 Å². The summed E-state index contributed by atoms with van der Waals surface area (Å²) in [5, 5.41) is 7.68. The maximum absolute atomic E-state index is 11.6. The van der Waals surface area contributed by atoms with Gasteiger partial charge in [0.05, 0.1) is 12.6 Å². The third kappa shape index (κ3) is 6.15. The monoisotopic (exact) mass is 321 g/mol. The van der Waals surface area contributed by atoms with Gasteiger partial charge in [0, 0.05) is 24.9 Å². The molecular formula is C16H23N3O4. The summed E-state index contributed by atoms with van der Waals surface area (Å²) in [6, 6.07) is 6.85. The smallest absolute Gasteiger partial charge is 0.321 e. The molecule has 3 N–H and O–H groups in total. The van der Waals surface area contributed by atoms with Crippen LogP contribution in [0.3, 0.4) is 0 Å². The van der Waals surface area contributed by atoms with Crippen molar-refractivity contribution >= 4 is 17.6 Å². The Kier molecular flexibility index (Phi) is 6.68. The fourth-order valence-electron chi connectivity index (χ4n) is 2.22. The van der Waals surface area contributed by atoms with Crippen molar-refractivity contribution in [2.45, 2.75) is 25.9 Å². The van der Waals surface area contributed by atoms with E-state index >= 15 is 0 Å². The Morgan fingerprint density at radius 2 is 2.26 bits per heavy atom. The van der Waals surface area contributed by atoms with E-state index in [0.717, 1.165) is 30.9 Å². The van der Waals surface area contributed by atoms with Crippen LogP contribution in [0.1, 0.15) is 19.8 Å². The van der Waals surface area contributed by atoms with E-state index < -0.39 is 11.9 Å². The van der Waals surface area contributed by atoms with Crippen LogP contribution in [0.25, 0.3) is 0 Å². The van der Waals surface area contributed by atoms with E-state index in [2.05, 4.69) is 16.0 Å². The van der Waals surface area contributed by atoms with Gasteiger partial charge in [-0.1, -0.05) is 6.07 Å². The fraction of sp³-hybridized carbons (Fsp3) is 0.500. The number of ether oxygens (including phenoxy) is 2. The lowest BCUT2D eigenvalue weighted by Gasteiger charge is -2.13. The fourth-order valence-corrected chi connectivity index (χ4v) is 2.22. The van der Waals surface area contributed by atoms with E-state index in [1.165, 1.54) is 0 Å². The molecule has 1 heterocycles. The minimum atomic E-state index is -0.493. The summed E-state index contributed by atoms with van der Waals surface area (Å²) in [6.07, 6.45) is 2.27. The van der Waals surface area contributed by atoms with Gasteiger partial charge in [-0.2, -0.15) is 0 Å². The van der Waals surface area contributed by atoms with Gasteiger partial charge in [-0.25, -0.2) is 4.79 Å². The summed E-state index contributed by atoms with van der Waals surface area (Å²) in [5.74, 6) is 0.316. The van der Waals surface area contributed by atoms with Gasteiger partial charge in [0.1, 0.15) is 12.4 Å². The predicted molar refractivity (Wildman–Crippen MR) is 86.6 cm³/mol. The summed E-state index contributed by atoms with van der Waals surface area (Å²) in [4.78, 5) is 22.8. The normalized spacial score (nSPS) is 16.7. The number of benzene rings is 1. The largest absolute Gasteiger partial charge is 0.491 e. The molecule has 2 rings (SSSR count). The molecule has 23 heavy (non-hydrogen) atoms. The van der Waals surface area contributed by atoms with Crippen LogP contribution in [-0.4, -0.2) is 44.3 Å². The first-order chi connectivity index (χ1) is 11.2. The molecule has 1 aromatic carbocycles. The molecule has 1 fully saturated rings. The maximum Gasteiger partial charge on any atom is 0.321 e. The average molecular weight is 321 g/mol. The van der Waals surface area contributed by atoms with Crippen molar-refractivity contribution in [3.8, 4) is 5.75 Å². The number of nitrogens with one attached hydrogen (secondary N) is 3. The Morgan fingerprint density at radius 3 is 3.00 bits per heavy atom. The minimum absolute atomic E-state index is 0.00627. The highest BCUT2D eigenvalue weighted by Gasteiger charge is 2.16. The number of amides is 3. The minimum Gasteiger partial charge on any atom is -0.491 e. The van der Waals surface area contributed by atoms with E-state index in [1.807, 2.05) is 24.3 Å². The molecule has 1 atom stereocenters. The lowest BCUT2D eigenvalue weighted by molar-refractivity contribution is -0.118. The number of hydrogen-bond donors (Lipinski definition) is 3. The van der Waals surface area contributed by atoms with Crippen LogP contribution in [-0.2, 0) is 9.53 Å². The molecule has 1 saturated heterocycles. The van der Waals surface area contributed by atoms with Crippen molar-refractivity contribution < 1.29 is 19.1 Å². The van der Waals surface area contributed by atoms with Gasteiger partial charge in [-0.05, 0) is 31.9 Å². The van der Waals surface area contributed by atoms with Gasteiger partial charge < -0.3 is 20.1 Å². The van der Waals surface area contributed by atoms with Crippen molar-refractivity contribution in [1.29, 1.82) is 0 Å². The zero-order chi connectivity index (χ0) is 16.5. The number of rotatable bonds is 7. The van der Waals surface area contributed by atoms with Crippen LogP contribution >= 0.6 is 0 Å². The highest BCUT2D eigenvalue weighted by Crippen LogP contribution is 2.19. The molecule has 0 aliphatic carbocycles. The van der Waals surface area contributed by atoms with Crippen molar-refractivity contribution in [2.24, 2.45) is 0 Å². The zero-order valence-corrected chi connectivity index (χ0v) is 13.3. The molecule has 0 radical (unpaired) electrons. The summed E-state index contributed by atoms with van der Waals surface area (Å²) >= 11 is 0. The Hall–Kier alpha value is -2.28. The summed E-state index contributed by atoms with van der Waals surface area (Å²) in [6.45, 7) is 3.59. The second-order valence-electron chi connectivity index (χ2n) is 5.24. The zero-order valence-electron chi connectivity index (χ0n) is 13.3. The van der Waals surface area contributed by atoms with E-state index in [9.17, 15) is 9.59 Å². The van der Waals surface area contributed by atoms with Gasteiger partial charge >= 0.3 is 6.03 Å². The summed E-state index contributed by atoms with van der Waals surface area (Å²) < 4.78 is 11.2. The molecular weight excluding hydrogens is 298 g/mol. The molecule has 0 spiro atoms. The SMILES string of the molecule is CCNC(=O)NC(=O)CNc1cccc(OC[C@@H]2CCCO2)c1. The van der Waals surface area contributed by atoms with Crippen molar-refractivity contribution in [1.82, 2.24) is 10.6 Å². The maximum atomic E-state index is 11.6. The van der Waals surface area contributed by atoms with Crippen LogP contribution < -0.4 is 20.7 Å². The first-order valence-corrected chi connectivity index (χ1v) is 7.83. The van der Waals surface area contributed by atoms with Crippen molar-refractivity contribution in [3.05, 3.63) is 24.3 Å². The van der Waals surface area contributed by atoms with E-state index in [1.54, 1.807) is 6.92 Å². The van der Waals surface area contributed by atoms with Crippen LogP contribution in [0.5, 0.6) is 5.75 Å². The molecule has 126 valence electrons. The number of hydrogen-bond acceptors (Lipinski definition) is 5. The molecule has 7 nitrogen and oxygen atoms in total. The molecule has 7 heteroatoms. The Labute approximate surface area is 135 Å². The highest BCUT2D eigenvalue weighted by molar-refractivity contribution is 5.96. The standard InChI is InChI=1S/C16H23N3O4/c1-2-17-16(21)19-15(20)10-18-12-5-3-6-13(9-12)23-11-14-7-4-8-22-14/h3,5-6,9,14,18H,2,4,7-8,10-11H2,1H3,(H2,17,19,20,21)/t14-/m0/s1. The molecule has 1 aliphatic rings. The lowest BCUT2D eigenvalue weighted by Crippen LogP contribution is -2.41. The Bertz CT molecular complexity index is 530. The first-order valence-electron chi connectivity index (χ1n) is 7.83. The summed E-state index contributed by atoms with van der Waals surface area (Å²) in [5.41, 5.74) is 0.751. The number of imide groups is 1. The van der Waals surface area contributed by atoms with Gasteiger partial charge in [0.25, 0.3) is 0 Å². The Morgan fingerprint density at radius 1 is 1.39 bits per heavy atom. The number of urea groups is 1. The molecule has 0 bridgehead atoms. The predicted octanol–water partition coefficient (Wildman–Crippen LogP) is 1.50. The number of carbonyl (C=O) groups excluding carboxylic acids is 2. The van der Waals surface area contributed by atoms with Crippen LogP contribution in [0.15, 0.2) is 24.3 Å². The highest BCUT2D eigenvalue weighted by atomic mass is 16.5. The molecule has 0 unspecified atom stereocenters. The van der Waals surface area contributed by atoms with E-state index in [4.69, 9.17) is 9.47 Å². The molecule has 0 saturated carbocycles. The molecule has 1 aliphatic heterocycles.